The number of carbonyl (C=O) groups is 1. The van der Waals surface area contributed by atoms with E-state index < -0.39 is 0 Å². The number of carbonyl (C=O) groups excluding carboxylic acids is 1. The molecule has 0 aromatic heterocycles. The fraction of sp³-hybridized carbons (Fsp3) is 0.438. The Morgan fingerprint density at radius 1 is 1.11 bits per heavy atom. The third-order valence-corrected chi connectivity index (χ3v) is 2.43. The van der Waals surface area contributed by atoms with Gasteiger partial charge in [-0.05, 0) is 32.3 Å². The van der Waals surface area contributed by atoms with E-state index in [4.69, 9.17) is 4.74 Å². The van der Waals surface area contributed by atoms with Gasteiger partial charge in [-0.25, -0.2) is 4.79 Å². The molecule has 0 heterocycles. The normalized spacial score (nSPS) is 12.1. The van der Waals surface area contributed by atoms with Crippen LogP contribution in [0.2, 0.25) is 0 Å². The van der Waals surface area contributed by atoms with E-state index in [0.29, 0.717) is 11.5 Å². The molecule has 1 rings (SSSR count). The zero-order valence-electron chi connectivity index (χ0n) is 11.9. The molecule has 1 aromatic rings. The molecule has 2 heteroatoms. The van der Waals surface area contributed by atoms with Crippen LogP contribution in [-0.4, -0.2) is 12.1 Å². The lowest BCUT2D eigenvalue weighted by Crippen LogP contribution is -2.13. The molecule has 1 aromatic carbocycles. The maximum Gasteiger partial charge on any atom is 0.338 e. The third-order valence-electron chi connectivity index (χ3n) is 2.43. The molecule has 18 heavy (non-hydrogen) atoms. The van der Waals surface area contributed by atoms with Crippen LogP contribution in [0, 0.1) is 12.8 Å². The molecule has 0 aliphatic carbocycles. The van der Waals surface area contributed by atoms with Crippen LogP contribution in [0.4, 0.5) is 0 Å². The minimum atomic E-state index is -0.248. The topological polar surface area (TPSA) is 26.3 Å². The maximum absolute atomic E-state index is 12.1. The van der Waals surface area contributed by atoms with Gasteiger partial charge >= 0.3 is 5.97 Å². The highest BCUT2D eigenvalue weighted by atomic mass is 16.5. The highest BCUT2D eigenvalue weighted by Gasteiger charge is 2.15. The monoisotopic (exact) mass is 246 g/mol. The molecule has 0 bridgehead atoms. The largest absolute Gasteiger partial charge is 0.459 e. The number of benzene rings is 1. The number of esters is 1. The summed E-state index contributed by atoms with van der Waals surface area (Å²) < 4.78 is 5.29. The first-order chi connectivity index (χ1) is 8.40. The van der Waals surface area contributed by atoms with E-state index in [1.54, 1.807) is 0 Å². The Balaban J connectivity index is 3.06. The van der Waals surface area contributed by atoms with E-state index in [9.17, 15) is 4.79 Å². The quantitative estimate of drug-likeness (QED) is 0.593. The number of allylic oxidation sites excluding steroid dienone is 1. The van der Waals surface area contributed by atoms with Crippen molar-refractivity contribution in [2.45, 2.75) is 40.7 Å². The highest BCUT2D eigenvalue weighted by molar-refractivity contribution is 6.16. The second-order valence-electron chi connectivity index (χ2n) is 5.14. The number of hydrogen-bond donors (Lipinski definition) is 0. The van der Waals surface area contributed by atoms with Gasteiger partial charge in [0.25, 0.3) is 0 Å². The summed E-state index contributed by atoms with van der Waals surface area (Å²) >= 11 is 0. The van der Waals surface area contributed by atoms with Crippen molar-refractivity contribution in [2.75, 3.05) is 0 Å². The minimum Gasteiger partial charge on any atom is -0.459 e. The third kappa shape index (κ3) is 4.36. The summed E-state index contributed by atoms with van der Waals surface area (Å²) in [4.78, 5) is 12.1. The van der Waals surface area contributed by atoms with E-state index in [1.807, 2.05) is 51.1 Å². The summed E-state index contributed by atoms with van der Waals surface area (Å²) in [6, 6.07) is 7.94. The second kappa shape index (κ2) is 6.39. The summed E-state index contributed by atoms with van der Waals surface area (Å²) in [5.74, 6) is 0.0589. The van der Waals surface area contributed by atoms with Gasteiger partial charge in [0.05, 0.1) is 11.7 Å². The molecular formula is C16H22O2. The molecule has 0 aliphatic rings. The molecule has 0 saturated carbocycles. The van der Waals surface area contributed by atoms with Gasteiger partial charge in [-0.1, -0.05) is 49.8 Å². The van der Waals surface area contributed by atoms with E-state index in [0.717, 1.165) is 5.56 Å². The van der Waals surface area contributed by atoms with Crippen molar-refractivity contribution in [3.05, 3.63) is 41.5 Å². The number of rotatable bonds is 4. The Bertz CT molecular complexity index is 425. The van der Waals surface area contributed by atoms with Gasteiger partial charge in [0, 0.05) is 0 Å². The zero-order chi connectivity index (χ0) is 13.7. The highest BCUT2D eigenvalue weighted by Crippen LogP contribution is 2.20. The summed E-state index contributed by atoms with van der Waals surface area (Å²) in [5, 5.41) is 0. The van der Waals surface area contributed by atoms with Gasteiger partial charge in [0.15, 0.2) is 0 Å². The molecule has 0 unspecified atom stereocenters. The Morgan fingerprint density at radius 2 is 1.67 bits per heavy atom. The van der Waals surface area contributed by atoms with Crippen LogP contribution in [-0.2, 0) is 9.53 Å². The first kappa shape index (κ1) is 14.5. The smallest absolute Gasteiger partial charge is 0.338 e. The van der Waals surface area contributed by atoms with Gasteiger partial charge < -0.3 is 4.74 Å². The van der Waals surface area contributed by atoms with Gasteiger partial charge in [-0.2, -0.15) is 0 Å². The van der Waals surface area contributed by atoms with Crippen LogP contribution in [0.1, 0.15) is 38.8 Å². The lowest BCUT2D eigenvalue weighted by Gasteiger charge is -2.12. The van der Waals surface area contributed by atoms with Crippen LogP contribution in [0.3, 0.4) is 0 Å². The summed E-state index contributed by atoms with van der Waals surface area (Å²) in [5.41, 5.74) is 2.75. The van der Waals surface area contributed by atoms with Gasteiger partial charge in [-0.3, -0.25) is 0 Å². The fourth-order valence-electron chi connectivity index (χ4n) is 1.63. The van der Waals surface area contributed by atoms with E-state index in [-0.39, 0.29) is 12.1 Å². The molecule has 0 amide bonds. The second-order valence-corrected chi connectivity index (χ2v) is 5.14. The molecule has 0 saturated heterocycles. The molecule has 0 N–H and O–H groups in total. The van der Waals surface area contributed by atoms with Crippen molar-refractivity contribution in [2.24, 2.45) is 5.92 Å². The van der Waals surface area contributed by atoms with Crippen LogP contribution in [0.5, 0.6) is 0 Å². The molecule has 0 fully saturated rings. The lowest BCUT2D eigenvalue weighted by atomic mass is 10.0. The van der Waals surface area contributed by atoms with Crippen molar-refractivity contribution >= 4 is 11.5 Å². The van der Waals surface area contributed by atoms with Crippen molar-refractivity contribution in [3.8, 4) is 0 Å². The number of aryl methyl sites for hydroxylation is 1. The van der Waals surface area contributed by atoms with Crippen molar-refractivity contribution in [3.63, 3.8) is 0 Å². The first-order valence-corrected chi connectivity index (χ1v) is 6.40. The van der Waals surface area contributed by atoms with Crippen molar-refractivity contribution in [1.82, 2.24) is 0 Å². The van der Waals surface area contributed by atoms with Crippen LogP contribution in [0.15, 0.2) is 30.3 Å². The lowest BCUT2D eigenvalue weighted by molar-refractivity contribution is -0.140. The molecule has 0 aliphatic heterocycles. The molecule has 98 valence electrons. The Morgan fingerprint density at radius 3 is 2.11 bits per heavy atom. The predicted octanol–water partition coefficient (Wildman–Crippen LogP) is 3.99. The van der Waals surface area contributed by atoms with Gasteiger partial charge in [0.1, 0.15) is 0 Å². The van der Waals surface area contributed by atoms with E-state index >= 15 is 0 Å². The zero-order valence-corrected chi connectivity index (χ0v) is 11.9. The average molecular weight is 246 g/mol. The average Bonchev–Trinajstić information content (AvgIpc) is 2.26. The maximum atomic E-state index is 12.1. The van der Waals surface area contributed by atoms with Crippen molar-refractivity contribution in [1.29, 1.82) is 0 Å². The standard InChI is InChI=1S/C16H22O2/c1-11(2)10-15(16(17)18-12(3)4)14-8-6-13(5)7-9-14/h6-12H,1-5H3. The fourth-order valence-corrected chi connectivity index (χ4v) is 1.63. The summed E-state index contributed by atoms with van der Waals surface area (Å²) in [6.07, 6.45) is 1.86. The Hall–Kier alpha value is -1.57. The van der Waals surface area contributed by atoms with Crippen LogP contribution in [0.25, 0.3) is 5.57 Å². The summed E-state index contributed by atoms with van der Waals surface area (Å²) in [7, 11) is 0. The molecule has 0 radical (unpaired) electrons. The number of hydrogen-bond acceptors (Lipinski definition) is 2. The molecule has 0 atom stereocenters. The van der Waals surface area contributed by atoms with Crippen LogP contribution < -0.4 is 0 Å². The van der Waals surface area contributed by atoms with Gasteiger partial charge in [-0.15, -0.1) is 0 Å². The Kier molecular flexibility index (Phi) is 5.14. The van der Waals surface area contributed by atoms with E-state index in [2.05, 4.69) is 13.8 Å². The van der Waals surface area contributed by atoms with E-state index in [1.165, 1.54) is 5.56 Å². The van der Waals surface area contributed by atoms with Crippen molar-refractivity contribution < 1.29 is 9.53 Å². The first-order valence-electron chi connectivity index (χ1n) is 6.40. The Labute approximate surface area is 110 Å². The van der Waals surface area contributed by atoms with Gasteiger partial charge in [0.2, 0.25) is 0 Å². The minimum absolute atomic E-state index is 0.0986. The molecule has 2 nitrogen and oxygen atoms in total. The summed E-state index contributed by atoms with van der Waals surface area (Å²) in [6.45, 7) is 9.86. The SMILES string of the molecule is Cc1ccc(C(=CC(C)C)C(=O)OC(C)C)cc1. The van der Waals surface area contributed by atoms with Crippen LogP contribution >= 0.6 is 0 Å². The molecule has 0 spiro atoms. The number of ether oxygens (including phenoxy) is 1. The predicted molar refractivity (Wildman–Crippen MR) is 75.2 cm³/mol. The molecular weight excluding hydrogens is 224 g/mol.